The number of alkyl halides is 3. The summed E-state index contributed by atoms with van der Waals surface area (Å²) in [5.41, 5.74) is 0.645. The van der Waals surface area contributed by atoms with E-state index in [0.717, 1.165) is 25.9 Å². The summed E-state index contributed by atoms with van der Waals surface area (Å²) >= 11 is 0. The molecule has 0 bridgehead atoms. The molecule has 1 aromatic carbocycles. The van der Waals surface area contributed by atoms with Gasteiger partial charge >= 0.3 is 6.36 Å². The molecule has 0 saturated carbocycles. The predicted molar refractivity (Wildman–Crippen MR) is 67.1 cm³/mol. The number of benzene rings is 1. The van der Waals surface area contributed by atoms with Crippen LogP contribution in [0.1, 0.15) is 31.2 Å². The largest absolute Gasteiger partial charge is 0.573 e. The summed E-state index contributed by atoms with van der Waals surface area (Å²) in [4.78, 5) is 0. The summed E-state index contributed by atoms with van der Waals surface area (Å²) < 4.78 is 41.3. The number of rotatable bonds is 3. The van der Waals surface area contributed by atoms with Crippen molar-refractivity contribution in [3.63, 3.8) is 0 Å². The van der Waals surface area contributed by atoms with Gasteiger partial charge in [0.25, 0.3) is 0 Å². The highest BCUT2D eigenvalue weighted by molar-refractivity contribution is 5.36. The van der Waals surface area contributed by atoms with Crippen molar-refractivity contribution in [3.8, 4) is 5.75 Å². The van der Waals surface area contributed by atoms with Gasteiger partial charge in [-0.05, 0) is 49.4 Å². The van der Waals surface area contributed by atoms with E-state index in [9.17, 15) is 13.2 Å². The Labute approximate surface area is 111 Å². The quantitative estimate of drug-likeness (QED) is 0.907. The van der Waals surface area contributed by atoms with Crippen molar-refractivity contribution in [3.05, 3.63) is 29.8 Å². The van der Waals surface area contributed by atoms with Crippen LogP contribution in [-0.2, 0) is 0 Å². The molecule has 1 N–H and O–H groups in total. The average molecular weight is 273 g/mol. The van der Waals surface area contributed by atoms with Gasteiger partial charge in [-0.15, -0.1) is 13.2 Å². The minimum absolute atomic E-state index is 0.0685. The van der Waals surface area contributed by atoms with E-state index in [4.69, 9.17) is 0 Å². The van der Waals surface area contributed by atoms with Gasteiger partial charge in [0.2, 0.25) is 0 Å². The molecule has 19 heavy (non-hydrogen) atoms. The molecule has 1 saturated heterocycles. The minimum Gasteiger partial charge on any atom is -0.405 e. The van der Waals surface area contributed by atoms with Crippen molar-refractivity contribution in [2.75, 3.05) is 13.1 Å². The molecule has 1 heterocycles. The van der Waals surface area contributed by atoms with E-state index in [1.54, 1.807) is 18.2 Å². The number of hydrogen-bond acceptors (Lipinski definition) is 2. The summed E-state index contributed by atoms with van der Waals surface area (Å²) in [6, 6.07) is 6.45. The smallest absolute Gasteiger partial charge is 0.405 e. The van der Waals surface area contributed by atoms with E-state index >= 15 is 0 Å². The van der Waals surface area contributed by atoms with Gasteiger partial charge in [0.15, 0.2) is 0 Å². The van der Waals surface area contributed by atoms with Crippen molar-refractivity contribution in [1.29, 1.82) is 0 Å². The molecular formula is C14H18F3NO. The van der Waals surface area contributed by atoms with Gasteiger partial charge in [-0.1, -0.05) is 25.1 Å². The lowest BCUT2D eigenvalue weighted by Gasteiger charge is -2.29. The summed E-state index contributed by atoms with van der Waals surface area (Å²) in [7, 11) is 0. The van der Waals surface area contributed by atoms with Crippen molar-refractivity contribution < 1.29 is 17.9 Å². The fraction of sp³-hybridized carbons (Fsp3) is 0.571. The fourth-order valence-electron chi connectivity index (χ4n) is 2.67. The Bertz CT molecular complexity index is 413. The molecular weight excluding hydrogens is 255 g/mol. The normalized spacial score (nSPS) is 19.2. The number of ether oxygens (including phenoxy) is 1. The molecule has 0 spiro atoms. The first-order valence-corrected chi connectivity index (χ1v) is 6.53. The number of nitrogens with one attached hydrogen (secondary N) is 1. The molecule has 1 aromatic rings. The van der Waals surface area contributed by atoms with Crippen molar-refractivity contribution in [1.82, 2.24) is 5.32 Å². The monoisotopic (exact) mass is 273 g/mol. The topological polar surface area (TPSA) is 21.3 Å². The van der Waals surface area contributed by atoms with Crippen LogP contribution in [0.25, 0.3) is 0 Å². The zero-order valence-corrected chi connectivity index (χ0v) is 10.8. The van der Waals surface area contributed by atoms with Crippen LogP contribution >= 0.6 is 0 Å². The molecule has 1 aliphatic heterocycles. The summed E-state index contributed by atoms with van der Waals surface area (Å²) in [6.07, 6.45) is -2.66. The van der Waals surface area contributed by atoms with Crippen LogP contribution < -0.4 is 10.1 Å². The maximum Gasteiger partial charge on any atom is 0.573 e. The average Bonchev–Trinajstić information content (AvgIpc) is 2.38. The van der Waals surface area contributed by atoms with E-state index in [0.29, 0.717) is 11.5 Å². The standard InChI is InChI=1S/C14H18F3NO/c1-10(11-6-8-18-9-7-11)12-4-2-3-5-13(12)19-14(15,16)17/h2-5,10-11,18H,6-9H2,1H3. The number of hydrogen-bond donors (Lipinski definition) is 1. The molecule has 1 unspecified atom stereocenters. The summed E-state index contributed by atoms with van der Waals surface area (Å²) in [5.74, 6) is 0.404. The van der Waals surface area contributed by atoms with E-state index in [1.807, 2.05) is 6.92 Å². The molecule has 1 atom stereocenters. The lowest BCUT2D eigenvalue weighted by molar-refractivity contribution is -0.275. The van der Waals surface area contributed by atoms with Gasteiger partial charge in [0.1, 0.15) is 5.75 Å². The molecule has 1 aliphatic rings. The minimum atomic E-state index is -4.63. The predicted octanol–water partition coefficient (Wildman–Crippen LogP) is 3.69. The highest BCUT2D eigenvalue weighted by Crippen LogP contribution is 2.37. The highest BCUT2D eigenvalue weighted by Gasteiger charge is 2.33. The first-order valence-electron chi connectivity index (χ1n) is 6.53. The maximum absolute atomic E-state index is 12.4. The van der Waals surface area contributed by atoms with Gasteiger partial charge in [-0.25, -0.2) is 0 Å². The summed E-state index contributed by atoms with van der Waals surface area (Å²) in [6.45, 7) is 3.84. The van der Waals surface area contributed by atoms with E-state index in [2.05, 4.69) is 10.1 Å². The van der Waals surface area contributed by atoms with Crippen LogP contribution in [-0.4, -0.2) is 19.5 Å². The maximum atomic E-state index is 12.4. The lowest BCUT2D eigenvalue weighted by Crippen LogP contribution is -2.30. The third kappa shape index (κ3) is 3.86. The van der Waals surface area contributed by atoms with E-state index in [1.165, 1.54) is 6.07 Å². The van der Waals surface area contributed by atoms with Crippen LogP contribution in [0.5, 0.6) is 5.75 Å². The molecule has 0 aromatic heterocycles. The van der Waals surface area contributed by atoms with Crippen LogP contribution in [0.4, 0.5) is 13.2 Å². The molecule has 106 valence electrons. The lowest BCUT2D eigenvalue weighted by atomic mass is 9.81. The van der Waals surface area contributed by atoms with Gasteiger partial charge in [-0.2, -0.15) is 0 Å². The van der Waals surface area contributed by atoms with Crippen molar-refractivity contribution >= 4 is 0 Å². The van der Waals surface area contributed by atoms with Gasteiger partial charge < -0.3 is 10.1 Å². The Hall–Kier alpha value is -1.23. The second kappa shape index (κ2) is 5.82. The van der Waals surface area contributed by atoms with E-state index < -0.39 is 6.36 Å². The first-order chi connectivity index (χ1) is 8.97. The Balaban J connectivity index is 2.18. The number of piperidine rings is 1. The molecule has 0 amide bonds. The van der Waals surface area contributed by atoms with Gasteiger partial charge in [0, 0.05) is 0 Å². The molecule has 2 nitrogen and oxygen atoms in total. The fourth-order valence-corrected chi connectivity index (χ4v) is 2.67. The molecule has 0 aliphatic carbocycles. The number of halogens is 3. The van der Waals surface area contributed by atoms with Crippen LogP contribution in [0.15, 0.2) is 24.3 Å². The zero-order valence-electron chi connectivity index (χ0n) is 10.8. The van der Waals surface area contributed by atoms with E-state index in [-0.39, 0.29) is 11.7 Å². The van der Waals surface area contributed by atoms with Crippen molar-refractivity contribution in [2.45, 2.75) is 32.0 Å². The Morgan fingerprint density at radius 3 is 2.47 bits per heavy atom. The molecule has 2 rings (SSSR count). The molecule has 1 fully saturated rings. The van der Waals surface area contributed by atoms with Crippen molar-refractivity contribution in [2.24, 2.45) is 5.92 Å². The SMILES string of the molecule is CC(c1ccccc1OC(F)(F)F)C1CCNCC1. The third-order valence-electron chi connectivity index (χ3n) is 3.73. The number of para-hydroxylation sites is 1. The summed E-state index contributed by atoms with van der Waals surface area (Å²) in [5, 5.41) is 3.26. The Morgan fingerprint density at radius 2 is 1.84 bits per heavy atom. The Morgan fingerprint density at radius 1 is 1.21 bits per heavy atom. The second-order valence-corrected chi connectivity index (χ2v) is 4.96. The van der Waals surface area contributed by atoms with Gasteiger partial charge in [0.05, 0.1) is 0 Å². The highest BCUT2D eigenvalue weighted by atomic mass is 19.4. The second-order valence-electron chi connectivity index (χ2n) is 4.96. The third-order valence-corrected chi connectivity index (χ3v) is 3.73. The molecule has 0 radical (unpaired) electrons. The molecule has 5 heteroatoms. The zero-order chi connectivity index (χ0) is 13.9. The van der Waals surface area contributed by atoms with Crippen LogP contribution in [0.3, 0.4) is 0 Å². The van der Waals surface area contributed by atoms with Crippen LogP contribution in [0.2, 0.25) is 0 Å². The Kier molecular flexibility index (Phi) is 4.34. The van der Waals surface area contributed by atoms with Crippen LogP contribution in [0, 0.1) is 5.92 Å². The van der Waals surface area contributed by atoms with Gasteiger partial charge in [-0.3, -0.25) is 0 Å². The first kappa shape index (κ1) is 14.2.